The summed E-state index contributed by atoms with van der Waals surface area (Å²) in [4.78, 5) is 17.0. The molecule has 0 bridgehead atoms. The zero-order valence-corrected chi connectivity index (χ0v) is 14.3. The molecule has 6 nitrogen and oxygen atoms in total. The third kappa shape index (κ3) is 2.82. The van der Waals surface area contributed by atoms with Crippen LogP contribution in [0.1, 0.15) is 10.4 Å². The van der Waals surface area contributed by atoms with Crippen LogP contribution in [0.3, 0.4) is 0 Å². The molecule has 0 fully saturated rings. The van der Waals surface area contributed by atoms with Gasteiger partial charge in [0.1, 0.15) is 17.1 Å². The number of hydrogen-bond acceptors (Lipinski definition) is 5. The van der Waals surface area contributed by atoms with Crippen molar-refractivity contribution >= 4 is 33.5 Å². The summed E-state index contributed by atoms with van der Waals surface area (Å²) >= 11 is 0. The number of ether oxygens (including phenoxy) is 2. The molecule has 0 atom stereocenters. The van der Waals surface area contributed by atoms with Crippen molar-refractivity contribution in [2.24, 2.45) is 0 Å². The van der Waals surface area contributed by atoms with Gasteiger partial charge in [0.2, 0.25) is 0 Å². The Kier molecular flexibility index (Phi) is 3.93. The highest BCUT2D eigenvalue weighted by atomic mass is 16.5. The molecule has 4 rings (SSSR count). The number of pyridine rings is 1. The fourth-order valence-electron chi connectivity index (χ4n) is 2.84. The van der Waals surface area contributed by atoms with E-state index in [1.165, 1.54) is 0 Å². The predicted octanol–water partition coefficient (Wildman–Crippen LogP) is 4.25. The average Bonchev–Trinajstić information content (AvgIpc) is 3.15. The molecule has 0 aliphatic rings. The predicted molar refractivity (Wildman–Crippen MR) is 99.0 cm³/mol. The number of methoxy groups -OCH3 is 2. The lowest BCUT2D eigenvalue weighted by atomic mass is 10.1. The number of aromatic nitrogens is 1. The molecule has 6 heteroatoms. The SMILES string of the molecule is COc1ccc2cc(NC(=O)c3cc(OC)c4ccoc4c3)cnc2c1. The molecule has 130 valence electrons. The molecular weight excluding hydrogens is 332 g/mol. The van der Waals surface area contributed by atoms with Crippen LogP contribution in [0.2, 0.25) is 0 Å². The Morgan fingerprint density at radius 2 is 1.96 bits per heavy atom. The maximum atomic E-state index is 12.6. The quantitative estimate of drug-likeness (QED) is 0.597. The molecule has 2 aromatic carbocycles. The summed E-state index contributed by atoms with van der Waals surface area (Å²) < 4.78 is 15.9. The van der Waals surface area contributed by atoms with Crippen LogP contribution in [0.25, 0.3) is 21.9 Å². The molecule has 26 heavy (non-hydrogen) atoms. The standard InChI is InChI=1S/C20H16N2O4/c1-24-15-4-3-12-7-14(11-21-17(12)10-15)22-20(23)13-8-18(25-2)16-5-6-26-19(16)9-13/h3-11H,1-2H3,(H,22,23). The second-order valence-electron chi connectivity index (χ2n) is 5.75. The van der Waals surface area contributed by atoms with Gasteiger partial charge in [0, 0.05) is 17.0 Å². The molecular formula is C20H16N2O4. The van der Waals surface area contributed by atoms with Crippen molar-refractivity contribution in [1.29, 1.82) is 0 Å². The molecule has 0 spiro atoms. The number of carbonyl (C=O) groups excluding carboxylic acids is 1. The summed E-state index contributed by atoms with van der Waals surface area (Å²) in [6.45, 7) is 0. The van der Waals surface area contributed by atoms with Crippen LogP contribution >= 0.6 is 0 Å². The van der Waals surface area contributed by atoms with Crippen molar-refractivity contribution in [2.45, 2.75) is 0 Å². The van der Waals surface area contributed by atoms with Crippen molar-refractivity contribution in [1.82, 2.24) is 4.98 Å². The van der Waals surface area contributed by atoms with Crippen LogP contribution in [0.15, 0.2) is 59.3 Å². The van der Waals surface area contributed by atoms with E-state index in [4.69, 9.17) is 13.9 Å². The van der Waals surface area contributed by atoms with Gasteiger partial charge in [0.15, 0.2) is 0 Å². The zero-order chi connectivity index (χ0) is 18.1. The monoisotopic (exact) mass is 348 g/mol. The van der Waals surface area contributed by atoms with Crippen LogP contribution in [0.4, 0.5) is 5.69 Å². The number of benzene rings is 2. The largest absolute Gasteiger partial charge is 0.497 e. The van der Waals surface area contributed by atoms with Gasteiger partial charge >= 0.3 is 0 Å². The van der Waals surface area contributed by atoms with Crippen LogP contribution < -0.4 is 14.8 Å². The number of amides is 1. The molecule has 0 saturated heterocycles. The lowest BCUT2D eigenvalue weighted by molar-refractivity contribution is 0.102. The van der Waals surface area contributed by atoms with Gasteiger partial charge in [-0.2, -0.15) is 0 Å². The number of nitrogens with one attached hydrogen (secondary N) is 1. The van der Waals surface area contributed by atoms with Gasteiger partial charge in [-0.25, -0.2) is 0 Å². The molecule has 0 aliphatic carbocycles. The number of anilines is 1. The third-order valence-electron chi connectivity index (χ3n) is 4.17. The minimum absolute atomic E-state index is 0.267. The summed E-state index contributed by atoms with van der Waals surface area (Å²) in [5.41, 5.74) is 2.43. The fraction of sp³-hybridized carbons (Fsp3) is 0.100. The minimum Gasteiger partial charge on any atom is -0.497 e. The molecule has 1 amide bonds. The van der Waals surface area contributed by atoms with Crippen LogP contribution in [-0.2, 0) is 0 Å². The first-order valence-electron chi connectivity index (χ1n) is 7.98. The Hall–Kier alpha value is -3.54. The highest BCUT2D eigenvalue weighted by molar-refractivity contribution is 6.07. The van der Waals surface area contributed by atoms with Gasteiger partial charge < -0.3 is 19.2 Å². The summed E-state index contributed by atoms with van der Waals surface area (Å²) in [6.07, 6.45) is 3.18. The van der Waals surface area contributed by atoms with E-state index in [2.05, 4.69) is 10.3 Å². The lowest BCUT2D eigenvalue weighted by Crippen LogP contribution is -2.12. The molecule has 0 aliphatic heterocycles. The third-order valence-corrected chi connectivity index (χ3v) is 4.17. The van der Waals surface area contributed by atoms with Gasteiger partial charge in [0.25, 0.3) is 5.91 Å². The number of nitrogens with zero attached hydrogens (tertiary/aromatic N) is 1. The van der Waals surface area contributed by atoms with E-state index in [1.54, 1.807) is 44.9 Å². The first-order chi connectivity index (χ1) is 12.7. The van der Waals surface area contributed by atoms with E-state index >= 15 is 0 Å². The summed E-state index contributed by atoms with van der Waals surface area (Å²) in [5, 5.41) is 4.59. The van der Waals surface area contributed by atoms with E-state index in [0.29, 0.717) is 22.6 Å². The van der Waals surface area contributed by atoms with E-state index in [9.17, 15) is 4.79 Å². The van der Waals surface area contributed by atoms with Gasteiger partial charge in [-0.3, -0.25) is 9.78 Å². The van der Waals surface area contributed by atoms with Crippen molar-refractivity contribution in [3.05, 3.63) is 60.5 Å². The van der Waals surface area contributed by atoms with Gasteiger partial charge in [0.05, 0.1) is 43.3 Å². The maximum Gasteiger partial charge on any atom is 0.255 e. The Balaban J connectivity index is 1.64. The molecule has 0 unspecified atom stereocenters. The number of rotatable bonds is 4. The highest BCUT2D eigenvalue weighted by Crippen LogP contribution is 2.29. The Bertz CT molecular complexity index is 1120. The van der Waals surface area contributed by atoms with Crippen LogP contribution in [-0.4, -0.2) is 25.1 Å². The summed E-state index contributed by atoms with van der Waals surface area (Å²) in [7, 11) is 3.17. The lowest BCUT2D eigenvalue weighted by Gasteiger charge is -2.09. The molecule has 0 saturated carbocycles. The van der Waals surface area contributed by atoms with E-state index in [1.807, 2.05) is 24.3 Å². The second-order valence-corrected chi connectivity index (χ2v) is 5.75. The topological polar surface area (TPSA) is 73.6 Å². The number of carbonyl (C=O) groups is 1. The van der Waals surface area contributed by atoms with Crippen molar-refractivity contribution in [3.63, 3.8) is 0 Å². The van der Waals surface area contributed by atoms with Crippen LogP contribution in [0.5, 0.6) is 11.5 Å². The van der Waals surface area contributed by atoms with Gasteiger partial charge in [-0.1, -0.05) is 0 Å². The first kappa shape index (κ1) is 16.0. The molecule has 4 aromatic rings. The highest BCUT2D eigenvalue weighted by Gasteiger charge is 2.13. The van der Waals surface area contributed by atoms with E-state index in [0.717, 1.165) is 22.0 Å². The number of fused-ring (bicyclic) bond motifs is 2. The molecule has 0 radical (unpaired) electrons. The summed E-state index contributed by atoms with van der Waals surface area (Å²) in [6, 6.07) is 12.6. The normalized spacial score (nSPS) is 10.8. The molecule has 2 aromatic heterocycles. The van der Waals surface area contributed by atoms with Crippen LogP contribution in [0, 0.1) is 0 Å². The van der Waals surface area contributed by atoms with Crippen molar-refractivity contribution in [2.75, 3.05) is 19.5 Å². The Morgan fingerprint density at radius 3 is 2.77 bits per heavy atom. The number of hydrogen-bond donors (Lipinski definition) is 1. The zero-order valence-electron chi connectivity index (χ0n) is 14.3. The van der Waals surface area contributed by atoms with Crippen molar-refractivity contribution < 1.29 is 18.7 Å². The molecule has 1 N–H and O–H groups in total. The van der Waals surface area contributed by atoms with E-state index in [-0.39, 0.29) is 5.91 Å². The number of furan rings is 1. The Labute approximate surface area is 149 Å². The van der Waals surface area contributed by atoms with Gasteiger partial charge in [-0.15, -0.1) is 0 Å². The smallest absolute Gasteiger partial charge is 0.255 e. The fourth-order valence-corrected chi connectivity index (χ4v) is 2.84. The average molecular weight is 348 g/mol. The van der Waals surface area contributed by atoms with Gasteiger partial charge in [-0.05, 0) is 36.4 Å². The summed E-state index contributed by atoms with van der Waals surface area (Å²) in [5.74, 6) is 1.06. The van der Waals surface area contributed by atoms with E-state index < -0.39 is 0 Å². The second kappa shape index (κ2) is 6.40. The first-order valence-corrected chi connectivity index (χ1v) is 7.98. The molecule has 2 heterocycles. The maximum absolute atomic E-state index is 12.6. The Morgan fingerprint density at radius 1 is 1.08 bits per heavy atom. The van der Waals surface area contributed by atoms with Crippen molar-refractivity contribution in [3.8, 4) is 11.5 Å². The minimum atomic E-state index is -0.267.